The Kier molecular flexibility index (Phi) is 5.14. The van der Waals surface area contributed by atoms with Crippen molar-refractivity contribution in [2.45, 2.75) is 38.8 Å². The number of hydrogen-bond donors (Lipinski definition) is 2. The Hall–Kier alpha value is -1.79. The standard InChI is InChI=1S/C12H21N3O4/c1-8(2)13-10(16)7-14(3)12(19)15-6-4-5-9(15)11(17)18/h8-9H,4-7H2,1-3H3,(H,13,16)(H,17,18)/t9-/m1/s1. The summed E-state index contributed by atoms with van der Waals surface area (Å²) in [5.74, 6) is -1.25. The lowest BCUT2D eigenvalue weighted by molar-refractivity contribution is -0.141. The zero-order valence-corrected chi connectivity index (χ0v) is 11.5. The number of amides is 3. The number of carbonyl (C=O) groups excluding carboxylic acids is 2. The number of nitrogens with one attached hydrogen (secondary N) is 1. The lowest BCUT2D eigenvalue weighted by Crippen LogP contribution is -2.49. The second-order valence-electron chi connectivity index (χ2n) is 5.05. The van der Waals surface area contributed by atoms with Crippen LogP contribution in [0, 0.1) is 0 Å². The molecule has 0 aromatic heterocycles. The summed E-state index contributed by atoms with van der Waals surface area (Å²) in [6, 6.07) is -1.18. The molecule has 0 aromatic carbocycles. The van der Waals surface area contributed by atoms with Crippen molar-refractivity contribution in [3.8, 4) is 0 Å². The van der Waals surface area contributed by atoms with Crippen molar-refractivity contribution in [2.75, 3.05) is 20.1 Å². The maximum Gasteiger partial charge on any atom is 0.326 e. The van der Waals surface area contributed by atoms with E-state index in [1.807, 2.05) is 13.8 Å². The molecule has 7 heteroatoms. The molecule has 1 heterocycles. The molecule has 1 aliphatic heterocycles. The van der Waals surface area contributed by atoms with E-state index < -0.39 is 18.0 Å². The predicted octanol–water partition coefficient (Wildman–Crippen LogP) is 0.112. The van der Waals surface area contributed by atoms with Crippen molar-refractivity contribution in [1.82, 2.24) is 15.1 Å². The molecule has 1 saturated heterocycles. The molecule has 0 bridgehead atoms. The molecule has 1 aliphatic rings. The molecular formula is C12H21N3O4. The van der Waals surface area contributed by atoms with Crippen molar-refractivity contribution in [2.24, 2.45) is 0 Å². The zero-order valence-electron chi connectivity index (χ0n) is 11.5. The summed E-state index contributed by atoms with van der Waals surface area (Å²) in [4.78, 5) is 37.2. The molecule has 3 amide bonds. The highest BCUT2D eigenvalue weighted by Gasteiger charge is 2.35. The molecule has 1 rings (SSSR count). The van der Waals surface area contributed by atoms with E-state index in [4.69, 9.17) is 5.11 Å². The lowest BCUT2D eigenvalue weighted by atomic mass is 10.2. The summed E-state index contributed by atoms with van der Waals surface area (Å²) in [5.41, 5.74) is 0. The quantitative estimate of drug-likeness (QED) is 0.759. The lowest BCUT2D eigenvalue weighted by Gasteiger charge is -2.27. The van der Waals surface area contributed by atoms with E-state index in [1.54, 1.807) is 0 Å². The van der Waals surface area contributed by atoms with Gasteiger partial charge in [-0.1, -0.05) is 0 Å². The number of hydrogen-bond acceptors (Lipinski definition) is 3. The molecule has 0 radical (unpaired) electrons. The maximum atomic E-state index is 12.1. The molecule has 1 atom stereocenters. The molecule has 19 heavy (non-hydrogen) atoms. The Morgan fingerprint density at radius 1 is 1.42 bits per heavy atom. The first-order valence-corrected chi connectivity index (χ1v) is 6.36. The minimum atomic E-state index is -0.995. The van der Waals surface area contributed by atoms with Gasteiger partial charge in [-0.25, -0.2) is 9.59 Å². The SMILES string of the molecule is CC(C)NC(=O)CN(C)C(=O)N1CCC[C@@H]1C(=O)O. The second-order valence-corrected chi connectivity index (χ2v) is 5.05. The molecule has 0 aromatic rings. The fraction of sp³-hybridized carbons (Fsp3) is 0.750. The number of likely N-dealkylation sites (tertiary alicyclic amines) is 1. The highest BCUT2D eigenvalue weighted by atomic mass is 16.4. The first-order chi connectivity index (χ1) is 8.82. The van der Waals surface area contributed by atoms with Crippen LogP contribution in [0.1, 0.15) is 26.7 Å². The molecule has 0 saturated carbocycles. The van der Waals surface area contributed by atoms with E-state index in [-0.39, 0.29) is 18.5 Å². The van der Waals surface area contributed by atoms with Crippen LogP contribution >= 0.6 is 0 Å². The highest BCUT2D eigenvalue weighted by molar-refractivity contribution is 5.87. The van der Waals surface area contributed by atoms with E-state index in [0.29, 0.717) is 19.4 Å². The fourth-order valence-electron chi connectivity index (χ4n) is 2.12. The summed E-state index contributed by atoms with van der Waals surface area (Å²) >= 11 is 0. The van der Waals surface area contributed by atoms with Gasteiger partial charge in [-0.15, -0.1) is 0 Å². The van der Waals surface area contributed by atoms with Gasteiger partial charge in [0.25, 0.3) is 0 Å². The van der Waals surface area contributed by atoms with Crippen LogP contribution in [0.15, 0.2) is 0 Å². The number of aliphatic carboxylic acids is 1. The Morgan fingerprint density at radius 2 is 2.05 bits per heavy atom. The van der Waals surface area contributed by atoms with Gasteiger partial charge in [0.2, 0.25) is 5.91 Å². The van der Waals surface area contributed by atoms with Crippen LogP contribution in [0.25, 0.3) is 0 Å². The Balaban J connectivity index is 2.57. The Bertz CT molecular complexity index is 370. The summed E-state index contributed by atoms with van der Waals surface area (Å²) in [5, 5.41) is 11.7. The smallest absolute Gasteiger partial charge is 0.326 e. The molecule has 0 spiro atoms. The molecule has 1 fully saturated rings. The maximum absolute atomic E-state index is 12.1. The van der Waals surface area contributed by atoms with E-state index in [2.05, 4.69) is 5.32 Å². The third kappa shape index (κ3) is 4.11. The summed E-state index contributed by atoms with van der Waals surface area (Å²) < 4.78 is 0. The second kappa shape index (κ2) is 6.40. The normalized spacial score (nSPS) is 18.5. The Morgan fingerprint density at radius 3 is 2.58 bits per heavy atom. The van der Waals surface area contributed by atoms with Crippen molar-refractivity contribution < 1.29 is 19.5 Å². The average Bonchev–Trinajstić information content (AvgIpc) is 2.75. The minimum absolute atomic E-state index is 0.00885. The molecule has 7 nitrogen and oxygen atoms in total. The van der Waals surface area contributed by atoms with E-state index in [0.717, 1.165) is 0 Å². The first-order valence-electron chi connectivity index (χ1n) is 6.36. The number of likely N-dealkylation sites (N-methyl/N-ethyl adjacent to an activating group) is 1. The van der Waals surface area contributed by atoms with E-state index in [9.17, 15) is 14.4 Å². The topological polar surface area (TPSA) is 90.0 Å². The van der Waals surface area contributed by atoms with Crippen molar-refractivity contribution in [3.05, 3.63) is 0 Å². The van der Waals surface area contributed by atoms with Crippen molar-refractivity contribution in [3.63, 3.8) is 0 Å². The van der Waals surface area contributed by atoms with Gasteiger partial charge in [0.15, 0.2) is 0 Å². The monoisotopic (exact) mass is 271 g/mol. The zero-order chi connectivity index (χ0) is 14.6. The number of carbonyl (C=O) groups is 3. The van der Waals surface area contributed by atoms with Crippen LogP contribution in [0.5, 0.6) is 0 Å². The number of carboxylic acids is 1. The van der Waals surface area contributed by atoms with Crippen molar-refractivity contribution >= 4 is 17.9 Å². The molecule has 108 valence electrons. The fourth-order valence-corrected chi connectivity index (χ4v) is 2.12. The average molecular weight is 271 g/mol. The summed E-state index contributed by atoms with van der Waals surface area (Å²) in [7, 11) is 1.50. The number of rotatable bonds is 4. The van der Waals surface area contributed by atoms with Gasteiger partial charge in [0.05, 0.1) is 0 Å². The van der Waals surface area contributed by atoms with E-state index in [1.165, 1.54) is 16.8 Å². The predicted molar refractivity (Wildman–Crippen MR) is 68.7 cm³/mol. The van der Waals surface area contributed by atoms with Gasteiger partial charge in [-0.05, 0) is 26.7 Å². The van der Waals surface area contributed by atoms with Gasteiger partial charge < -0.3 is 20.2 Å². The van der Waals surface area contributed by atoms with Crippen LogP contribution in [0.2, 0.25) is 0 Å². The third-order valence-corrected chi connectivity index (χ3v) is 2.94. The summed E-state index contributed by atoms with van der Waals surface area (Å²) in [6.45, 7) is 4.02. The van der Waals surface area contributed by atoms with Gasteiger partial charge >= 0.3 is 12.0 Å². The van der Waals surface area contributed by atoms with Crippen LogP contribution in [0.3, 0.4) is 0 Å². The largest absolute Gasteiger partial charge is 0.480 e. The Labute approximate surface area is 112 Å². The van der Waals surface area contributed by atoms with Crippen LogP contribution in [-0.4, -0.2) is 65.0 Å². The van der Waals surface area contributed by atoms with E-state index >= 15 is 0 Å². The molecule has 0 aliphatic carbocycles. The third-order valence-electron chi connectivity index (χ3n) is 2.94. The van der Waals surface area contributed by atoms with Crippen molar-refractivity contribution in [1.29, 1.82) is 0 Å². The number of nitrogens with zero attached hydrogens (tertiary/aromatic N) is 2. The number of carboxylic acid groups (broad SMARTS) is 1. The molecule has 2 N–H and O–H groups in total. The number of urea groups is 1. The highest BCUT2D eigenvalue weighted by Crippen LogP contribution is 2.18. The molecular weight excluding hydrogens is 250 g/mol. The van der Waals surface area contributed by atoms with Crippen LogP contribution in [0.4, 0.5) is 4.79 Å². The van der Waals surface area contributed by atoms with Gasteiger partial charge in [-0.2, -0.15) is 0 Å². The first kappa shape index (κ1) is 15.3. The van der Waals surface area contributed by atoms with Crippen LogP contribution in [-0.2, 0) is 9.59 Å². The summed E-state index contributed by atoms with van der Waals surface area (Å²) in [6.07, 6.45) is 1.14. The minimum Gasteiger partial charge on any atom is -0.480 e. The van der Waals surface area contributed by atoms with Gasteiger partial charge in [0.1, 0.15) is 12.6 Å². The molecule has 0 unspecified atom stereocenters. The van der Waals surface area contributed by atoms with Gasteiger partial charge in [0, 0.05) is 19.6 Å². The van der Waals surface area contributed by atoms with Crippen LogP contribution < -0.4 is 5.32 Å². The van der Waals surface area contributed by atoms with Gasteiger partial charge in [-0.3, -0.25) is 4.79 Å².